The fourth-order valence-electron chi connectivity index (χ4n) is 2.75. The van der Waals surface area contributed by atoms with Gasteiger partial charge >= 0.3 is 0 Å². The van der Waals surface area contributed by atoms with Crippen molar-refractivity contribution < 1.29 is 9.26 Å². The molecule has 0 radical (unpaired) electrons. The maximum absolute atomic E-state index is 5.88. The summed E-state index contributed by atoms with van der Waals surface area (Å²) in [5, 5.41) is 8.89. The molecule has 1 aliphatic rings. The van der Waals surface area contributed by atoms with Gasteiger partial charge in [0.2, 0.25) is 0 Å². The summed E-state index contributed by atoms with van der Waals surface area (Å²) in [7, 11) is 0. The highest BCUT2D eigenvalue weighted by Crippen LogP contribution is 2.39. The van der Waals surface area contributed by atoms with E-state index in [-0.39, 0.29) is 0 Å². The molecule has 0 spiro atoms. The molecule has 0 aliphatic carbocycles. The lowest BCUT2D eigenvalue weighted by molar-refractivity contribution is 0.291. The van der Waals surface area contributed by atoms with E-state index in [1.54, 1.807) is 6.20 Å². The van der Waals surface area contributed by atoms with Crippen molar-refractivity contribution in [1.29, 1.82) is 0 Å². The summed E-state index contributed by atoms with van der Waals surface area (Å²) >= 11 is 0. The molecule has 4 rings (SSSR count). The Morgan fingerprint density at radius 1 is 1.40 bits per heavy atom. The molecule has 0 atom stereocenters. The lowest BCUT2D eigenvalue weighted by Crippen LogP contribution is -2.13. The molecule has 0 unspecified atom stereocenters. The molecule has 3 aromatic rings. The van der Waals surface area contributed by atoms with Crippen molar-refractivity contribution in [3.05, 3.63) is 35.7 Å². The first-order valence-corrected chi connectivity index (χ1v) is 6.63. The number of nitrogens with two attached hydrogens (primary N) is 1. The van der Waals surface area contributed by atoms with Gasteiger partial charge in [-0.25, -0.2) is 0 Å². The third-order valence-corrected chi connectivity index (χ3v) is 3.65. The van der Waals surface area contributed by atoms with Gasteiger partial charge in [-0.1, -0.05) is 5.16 Å². The van der Waals surface area contributed by atoms with Crippen molar-refractivity contribution in [2.24, 2.45) is 0 Å². The molecule has 102 valence electrons. The van der Waals surface area contributed by atoms with Crippen LogP contribution in [0.4, 0.5) is 5.82 Å². The zero-order chi connectivity index (χ0) is 13.5. The summed E-state index contributed by atoms with van der Waals surface area (Å²) in [5.74, 6) is 1.22. The number of rotatable bonds is 2. The van der Waals surface area contributed by atoms with Gasteiger partial charge in [0.1, 0.15) is 11.1 Å². The molecule has 2 aromatic heterocycles. The third kappa shape index (κ3) is 1.65. The number of benzene rings is 1. The van der Waals surface area contributed by atoms with Crippen LogP contribution in [0.5, 0.6) is 5.75 Å². The van der Waals surface area contributed by atoms with E-state index in [0.29, 0.717) is 24.6 Å². The zero-order valence-corrected chi connectivity index (χ0v) is 10.9. The molecule has 20 heavy (non-hydrogen) atoms. The second kappa shape index (κ2) is 4.26. The highest BCUT2D eigenvalue weighted by atomic mass is 16.5. The topological polar surface area (TPSA) is 79.1 Å². The first-order valence-electron chi connectivity index (χ1n) is 6.63. The molecule has 6 heteroatoms. The molecule has 0 fully saturated rings. The molecular formula is C14H14N4O2. The minimum atomic E-state index is 0.392. The Morgan fingerprint density at radius 2 is 2.35 bits per heavy atom. The SMILES string of the molecule is Nc1noc2cc(Cn3cccn3)c3c(c12)OCCC3. The van der Waals surface area contributed by atoms with E-state index < -0.39 is 0 Å². The van der Waals surface area contributed by atoms with Crippen LogP contribution in [0, 0.1) is 0 Å². The first-order chi connectivity index (χ1) is 9.83. The Morgan fingerprint density at radius 3 is 3.20 bits per heavy atom. The average molecular weight is 270 g/mol. The summed E-state index contributed by atoms with van der Waals surface area (Å²) in [5.41, 5.74) is 8.89. The summed E-state index contributed by atoms with van der Waals surface area (Å²) in [4.78, 5) is 0. The molecule has 2 N–H and O–H groups in total. The highest BCUT2D eigenvalue weighted by Gasteiger charge is 2.22. The van der Waals surface area contributed by atoms with Gasteiger partial charge in [-0.3, -0.25) is 4.68 Å². The van der Waals surface area contributed by atoms with Crippen molar-refractivity contribution >= 4 is 16.8 Å². The molecule has 0 bridgehead atoms. The molecule has 1 aromatic carbocycles. The largest absolute Gasteiger partial charge is 0.492 e. The summed E-state index contributed by atoms with van der Waals surface area (Å²) in [6.07, 6.45) is 5.70. The van der Waals surface area contributed by atoms with E-state index in [4.69, 9.17) is 15.0 Å². The van der Waals surface area contributed by atoms with Crippen LogP contribution in [-0.2, 0) is 13.0 Å². The normalized spacial score (nSPS) is 14.2. The maximum Gasteiger partial charge on any atom is 0.178 e. The minimum absolute atomic E-state index is 0.392. The van der Waals surface area contributed by atoms with Crippen LogP contribution in [0.3, 0.4) is 0 Å². The Balaban J connectivity index is 1.92. The predicted molar refractivity (Wildman–Crippen MR) is 73.6 cm³/mol. The van der Waals surface area contributed by atoms with E-state index in [1.165, 1.54) is 5.56 Å². The Labute approximate surface area is 115 Å². The van der Waals surface area contributed by atoms with Crippen LogP contribution in [0.25, 0.3) is 11.0 Å². The van der Waals surface area contributed by atoms with Crippen LogP contribution in [-0.4, -0.2) is 21.5 Å². The second-order valence-corrected chi connectivity index (χ2v) is 4.94. The number of anilines is 1. The van der Waals surface area contributed by atoms with Gasteiger partial charge < -0.3 is 15.0 Å². The van der Waals surface area contributed by atoms with Gasteiger partial charge in [0.25, 0.3) is 0 Å². The van der Waals surface area contributed by atoms with Gasteiger partial charge in [0, 0.05) is 18.0 Å². The Hall–Kier alpha value is -2.50. The molecule has 6 nitrogen and oxygen atoms in total. The fraction of sp³-hybridized carbons (Fsp3) is 0.286. The quantitative estimate of drug-likeness (QED) is 0.770. The second-order valence-electron chi connectivity index (χ2n) is 4.94. The van der Waals surface area contributed by atoms with Crippen molar-refractivity contribution in [3.63, 3.8) is 0 Å². The smallest absolute Gasteiger partial charge is 0.178 e. The maximum atomic E-state index is 5.88. The minimum Gasteiger partial charge on any atom is -0.492 e. The van der Waals surface area contributed by atoms with Gasteiger partial charge in [-0.15, -0.1) is 0 Å². The van der Waals surface area contributed by atoms with Crippen LogP contribution >= 0.6 is 0 Å². The number of hydrogen-bond donors (Lipinski definition) is 1. The van der Waals surface area contributed by atoms with E-state index in [2.05, 4.69) is 10.3 Å². The fourth-order valence-corrected chi connectivity index (χ4v) is 2.75. The predicted octanol–water partition coefficient (Wildman–Crippen LogP) is 1.98. The van der Waals surface area contributed by atoms with Crippen molar-refractivity contribution in [1.82, 2.24) is 14.9 Å². The molecule has 0 saturated carbocycles. The molecule has 1 aliphatic heterocycles. The average Bonchev–Trinajstić information content (AvgIpc) is 3.09. The van der Waals surface area contributed by atoms with E-state index >= 15 is 0 Å². The standard InChI is InChI=1S/C14H14N4O2/c15-14-12-11(20-17-14)7-9(8-18-5-2-4-16-18)10-3-1-6-19-13(10)12/h2,4-5,7H,1,3,6,8H2,(H2,15,17). The lowest BCUT2D eigenvalue weighted by Gasteiger charge is -2.21. The van der Waals surface area contributed by atoms with Gasteiger partial charge in [0.15, 0.2) is 11.4 Å². The van der Waals surface area contributed by atoms with Gasteiger partial charge in [0.05, 0.1) is 13.2 Å². The van der Waals surface area contributed by atoms with E-state index in [9.17, 15) is 0 Å². The molecular weight excluding hydrogens is 256 g/mol. The molecule has 0 saturated heterocycles. The number of fused-ring (bicyclic) bond motifs is 3. The Bertz CT molecular complexity index is 761. The number of nitrogens with zero attached hydrogens (tertiary/aromatic N) is 3. The van der Waals surface area contributed by atoms with Crippen LogP contribution in [0.2, 0.25) is 0 Å². The van der Waals surface area contributed by atoms with Crippen LogP contribution in [0.1, 0.15) is 17.5 Å². The lowest BCUT2D eigenvalue weighted by atomic mass is 9.97. The zero-order valence-electron chi connectivity index (χ0n) is 10.9. The number of aromatic nitrogens is 3. The third-order valence-electron chi connectivity index (χ3n) is 3.65. The van der Waals surface area contributed by atoms with E-state index in [0.717, 1.165) is 29.5 Å². The van der Waals surface area contributed by atoms with Crippen molar-refractivity contribution in [2.75, 3.05) is 12.3 Å². The summed E-state index contributed by atoms with van der Waals surface area (Å²) in [6.45, 7) is 1.40. The van der Waals surface area contributed by atoms with Crippen molar-refractivity contribution in [2.45, 2.75) is 19.4 Å². The van der Waals surface area contributed by atoms with Gasteiger partial charge in [-0.2, -0.15) is 5.10 Å². The van der Waals surface area contributed by atoms with Crippen LogP contribution < -0.4 is 10.5 Å². The van der Waals surface area contributed by atoms with Crippen molar-refractivity contribution in [3.8, 4) is 5.75 Å². The molecule has 3 heterocycles. The summed E-state index contributed by atoms with van der Waals surface area (Å²) < 4.78 is 13.0. The van der Waals surface area contributed by atoms with E-state index in [1.807, 2.05) is 23.0 Å². The highest BCUT2D eigenvalue weighted by molar-refractivity contribution is 5.94. The number of ether oxygens (including phenoxy) is 1. The number of nitrogen functional groups attached to an aromatic ring is 1. The van der Waals surface area contributed by atoms with Crippen LogP contribution in [0.15, 0.2) is 29.0 Å². The monoisotopic (exact) mass is 270 g/mol. The van der Waals surface area contributed by atoms with Gasteiger partial charge in [-0.05, 0) is 30.5 Å². The molecule has 0 amide bonds. The Kier molecular flexibility index (Phi) is 2.42. The first kappa shape index (κ1) is 11.3. The number of hydrogen-bond acceptors (Lipinski definition) is 5. The summed E-state index contributed by atoms with van der Waals surface area (Å²) in [6, 6.07) is 3.90.